The minimum absolute atomic E-state index is 0.0760. The molecule has 2 aliphatic rings. The molecule has 0 bridgehead atoms. The van der Waals surface area contributed by atoms with Crippen LogP contribution in [0.1, 0.15) is 42.1 Å². The molecule has 5 rings (SSSR count). The third kappa shape index (κ3) is 4.79. The fraction of sp³-hybridized carbons (Fsp3) is 0.440. The topological polar surface area (TPSA) is 79.2 Å². The number of nitrogens with one attached hydrogen (secondary N) is 1. The highest BCUT2D eigenvalue weighted by molar-refractivity contribution is 5.99. The Balaban J connectivity index is 1.39. The quantitative estimate of drug-likeness (QED) is 0.532. The lowest BCUT2D eigenvalue weighted by Crippen LogP contribution is -2.35. The molecule has 2 aliphatic heterocycles. The average molecular weight is 500 g/mol. The van der Waals surface area contributed by atoms with E-state index in [0.717, 1.165) is 55.7 Å². The van der Waals surface area contributed by atoms with Gasteiger partial charge in [0.25, 0.3) is 6.43 Å². The Morgan fingerprint density at radius 2 is 1.97 bits per heavy atom. The fourth-order valence-electron chi connectivity index (χ4n) is 4.88. The zero-order valence-corrected chi connectivity index (χ0v) is 20.2. The molecule has 36 heavy (non-hydrogen) atoms. The monoisotopic (exact) mass is 499 g/mol. The molecule has 1 amide bonds. The van der Waals surface area contributed by atoms with Crippen molar-refractivity contribution in [3.63, 3.8) is 0 Å². The van der Waals surface area contributed by atoms with Crippen LogP contribution in [0.15, 0.2) is 30.7 Å². The van der Waals surface area contributed by atoms with E-state index < -0.39 is 17.8 Å². The Morgan fingerprint density at radius 1 is 1.19 bits per heavy atom. The van der Waals surface area contributed by atoms with Crippen LogP contribution in [0.5, 0.6) is 0 Å². The number of imidazole rings is 1. The number of carbonyl (C=O) groups is 1. The van der Waals surface area contributed by atoms with Gasteiger partial charge in [-0.3, -0.25) is 4.79 Å². The normalized spacial score (nSPS) is 16.2. The van der Waals surface area contributed by atoms with E-state index in [9.17, 15) is 18.0 Å². The van der Waals surface area contributed by atoms with Crippen LogP contribution in [0.2, 0.25) is 0 Å². The Morgan fingerprint density at radius 3 is 2.69 bits per heavy atom. The van der Waals surface area contributed by atoms with E-state index in [1.807, 2.05) is 20.3 Å². The minimum atomic E-state index is -2.89. The molecule has 1 N–H and O–H groups in total. The van der Waals surface area contributed by atoms with Crippen LogP contribution in [0.25, 0.3) is 11.3 Å². The van der Waals surface area contributed by atoms with Crippen molar-refractivity contribution in [1.29, 1.82) is 0 Å². The second kappa shape index (κ2) is 9.88. The molecule has 11 heteroatoms. The highest BCUT2D eigenvalue weighted by Gasteiger charge is 2.30. The van der Waals surface area contributed by atoms with Crippen molar-refractivity contribution in [2.45, 2.75) is 38.2 Å². The van der Waals surface area contributed by atoms with Crippen molar-refractivity contribution >= 4 is 17.5 Å². The molecule has 0 atom stereocenters. The number of anilines is 2. The molecule has 0 unspecified atom stereocenters. The number of halogens is 3. The Bertz CT molecular complexity index is 1270. The van der Waals surface area contributed by atoms with Gasteiger partial charge >= 0.3 is 0 Å². The third-order valence-corrected chi connectivity index (χ3v) is 6.80. The summed E-state index contributed by atoms with van der Waals surface area (Å²) in [5.41, 5.74) is 1.26. The van der Waals surface area contributed by atoms with E-state index in [2.05, 4.69) is 29.7 Å². The van der Waals surface area contributed by atoms with E-state index in [1.54, 1.807) is 0 Å². The first-order chi connectivity index (χ1) is 17.3. The number of fused-ring (bicyclic) bond motifs is 1. The van der Waals surface area contributed by atoms with Crippen LogP contribution in [0.3, 0.4) is 0 Å². The van der Waals surface area contributed by atoms with Crippen molar-refractivity contribution in [3.05, 3.63) is 53.5 Å². The van der Waals surface area contributed by atoms with Crippen LogP contribution < -0.4 is 10.2 Å². The Hall–Kier alpha value is -3.47. The molecule has 0 radical (unpaired) electrons. The van der Waals surface area contributed by atoms with Crippen molar-refractivity contribution in [2.75, 3.05) is 43.9 Å². The van der Waals surface area contributed by atoms with Gasteiger partial charge in [-0.15, -0.1) is 0 Å². The summed E-state index contributed by atoms with van der Waals surface area (Å²) in [4.78, 5) is 29.6. The van der Waals surface area contributed by atoms with E-state index >= 15 is 0 Å². The molecular weight excluding hydrogens is 471 g/mol. The van der Waals surface area contributed by atoms with Gasteiger partial charge in [-0.25, -0.2) is 28.1 Å². The Kier molecular flexibility index (Phi) is 6.65. The van der Waals surface area contributed by atoms with Crippen LogP contribution >= 0.6 is 0 Å². The Labute approximate surface area is 207 Å². The van der Waals surface area contributed by atoms with Crippen molar-refractivity contribution < 1.29 is 18.0 Å². The second-order valence-electron chi connectivity index (χ2n) is 9.53. The summed E-state index contributed by atoms with van der Waals surface area (Å²) in [6.45, 7) is 2.97. The zero-order chi connectivity index (χ0) is 25.4. The molecule has 0 saturated carbocycles. The van der Waals surface area contributed by atoms with Gasteiger partial charge < -0.3 is 19.7 Å². The van der Waals surface area contributed by atoms with Crippen LogP contribution in [-0.4, -0.2) is 64.1 Å². The van der Waals surface area contributed by atoms with Gasteiger partial charge in [0.05, 0.1) is 17.7 Å². The summed E-state index contributed by atoms with van der Waals surface area (Å²) in [6, 6.07) is 3.76. The first-order valence-electron chi connectivity index (χ1n) is 12.0. The average Bonchev–Trinajstić information content (AvgIpc) is 3.45. The van der Waals surface area contributed by atoms with Gasteiger partial charge in [0, 0.05) is 49.4 Å². The number of nitrogens with zero attached hydrogens (tertiary/aromatic N) is 6. The summed E-state index contributed by atoms with van der Waals surface area (Å²) >= 11 is 0. The molecule has 0 spiro atoms. The van der Waals surface area contributed by atoms with Gasteiger partial charge in [-0.1, -0.05) is 0 Å². The highest BCUT2D eigenvalue weighted by atomic mass is 19.3. The number of carbonyl (C=O) groups excluding carboxylic acids is 1. The molecule has 1 saturated heterocycles. The summed E-state index contributed by atoms with van der Waals surface area (Å²) in [5, 5.41) is 2.77. The van der Waals surface area contributed by atoms with Gasteiger partial charge in [0.15, 0.2) is 0 Å². The first-order valence-corrected chi connectivity index (χ1v) is 12.0. The first kappa shape index (κ1) is 24.2. The van der Waals surface area contributed by atoms with Gasteiger partial charge in [0.2, 0.25) is 5.91 Å². The number of amides is 1. The maximum Gasteiger partial charge on any atom is 0.266 e. The zero-order valence-electron chi connectivity index (χ0n) is 20.2. The predicted molar refractivity (Wildman–Crippen MR) is 130 cm³/mol. The number of alkyl halides is 2. The fourth-order valence-corrected chi connectivity index (χ4v) is 4.88. The molecular formula is C25H28F3N7O. The lowest BCUT2D eigenvalue weighted by Gasteiger charge is -2.33. The number of rotatable bonds is 7. The molecule has 8 nitrogen and oxygen atoms in total. The summed E-state index contributed by atoms with van der Waals surface area (Å²) in [5.74, 6) is 1.45. The van der Waals surface area contributed by atoms with Crippen LogP contribution in [-0.2, 0) is 17.8 Å². The number of hydrogen-bond acceptors (Lipinski definition) is 6. The minimum Gasteiger partial charge on any atom is -0.356 e. The van der Waals surface area contributed by atoms with Crippen LogP contribution in [0, 0.1) is 5.82 Å². The molecule has 3 aromatic rings. The van der Waals surface area contributed by atoms with E-state index in [4.69, 9.17) is 4.98 Å². The molecule has 0 aliphatic carbocycles. The lowest BCUT2D eigenvalue weighted by molar-refractivity contribution is -0.115. The van der Waals surface area contributed by atoms with Gasteiger partial charge in [-0.05, 0) is 45.1 Å². The number of aromatic nitrogens is 4. The largest absolute Gasteiger partial charge is 0.356 e. The number of hydrogen-bond donors (Lipinski definition) is 1. The summed E-state index contributed by atoms with van der Waals surface area (Å²) in [6.07, 6.45) is 2.39. The van der Waals surface area contributed by atoms with E-state index in [-0.39, 0.29) is 18.2 Å². The molecule has 1 aromatic carbocycles. The molecule has 1 fully saturated rings. The number of benzene rings is 1. The molecule has 4 heterocycles. The molecule has 190 valence electrons. The standard InChI is InChI=1S/C25H28F3N7O/c1-33(2)9-10-35-13-20(16-3-4-19(26)17(11-16)22(27)28)31-24(35)15-5-7-34(8-6-15)25-18-12-21(36)32-23(18)29-14-30-25/h3-4,11,13-15,22H,5-10,12H2,1-2H3,(H,29,30,32,36). The third-order valence-electron chi connectivity index (χ3n) is 6.80. The maximum atomic E-state index is 13.9. The van der Waals surface area contributed by atoms with Crippen molar-refractivity contribution in [1.82, 2.24) is 24.4 Å². The summed E-state index contributed by atoms with van der Waals surface area (Å²) in [7, 11) is 3.98. The maximum absolute atomic E-state index is 13.9. The number of likely N-dealkylation sites (N-methyl/N-ethyl adjacent to an activating group) is 1. The van der Waals surface area contributed by atoms with Gasteiger partial charge in [0.1, 0.15) is 29.6 Å². The van der Waals surface area contributed by atoms with Crippen molar-refractivity contribution in [3.8, 4) is 11.3 Å². The van der Waals surface area contributed by atoms with E-state index in [0.29, 0.717) is 23.6 Å². The highest BCUT2D eigenvalue weighted by Crippen LogP contribution is 2.35. The van der Waals surface area contributed by atoms with E-state index in [1.165, 1.54) is 18.5 Å². The predicted octanol–water partition coefficient (Wildman–Crippen LogP) is 3.86. The molecule has 2 aromatic heterocycles. The smallest absolute Gasteiger partial charge is 0.266 e. The van der Waals surface area contributed by atoms with Crippen molar-refractivity contribution in [2.24, 2.45) is 0 Å². The lowest BCUT2D eigenvalue weighted by atomic mass is 9.95. The summed E-state index contributed by atoms with van der Waals surface area (Å²) < 4.78 is 42.5. The van der Waals surface area contributed by atoms with Crippen LogP contribution in [0.4, 0.5) is 24.8 Å². The number of piperidine rings is 1. The second-order valence-corrected chi connectivity index (χ2v) is 9.53. The van der Waals surface area contributed by atoms with Gasteiger partial charge in [-0.2, -0.15) is 0 Å². The SMILES string of the molecule is CN(C)CCn1cc(-c2ccc(F)c(C(F)F)c2)nc1C1CCN(c2ncnc3c2CC(=O)N3)CC1.